The van der Waals surface area contributed by atoms with E-state index in [1.807, 2.05) is 0 Å². The van der Waals surface area contributed by atoms with Gasteiger partial charge in [-0.25, -0.2) is 4.79 Å². The Kier molecular flexibility index (Phi) is 7.06. The van der Waals surface area contributed by atoms with Crippen LogP contribution in [0.4, 0.5) is 0 Å². The number of rotatable bonds is 7. The number of ether oxygens (including phenoxy) is 2. The lowest BCUT2D eigenvalue weighted by atomic mass is 10.3. The molecular formula is C10H17O4. The zero-order valence-electron chi connectivity index (χ0n) is 8.49. The molecule has 1 N–H and O–H groups in total. The van der Waals surface area contributed by atoms with Gasteiger partial charge in [-0.15, -0.1) is 0 Å². The van der Waals surface area contributed by atoms with Gasteiger partial charge in [-0.3, -0.25) is 0 Å². The summed E-state index contributed by atoms with van der Waals surface area (Å²) >= 11 is 0. The van der Waals surface area contributed by atoms with Gasteiger partial charge in [-0.1, -0.05) is 13.5 Å². The van der Waals surface area contributed by atoms with Crippen molar-refractivity contribution in [3.8, 4) is 0 Å². The van der Waals surface area contributed by atoms with Gasteiger partial charge in [0.05, 0.1) is 13.2 Å². The summed E-state index contributed by atoms with van der Waals surface area (Å²) in [7, 11) is 0. The van der Waals surface area contributed by atoms with Crippen LogP contribution in [-0.2, 0) is 14.3 Å². The fourth-order valence-corrected chi connectivity index (χ4v) is 0.693. The van der Waals surface area contributed by atoms with Crippen molar-refractivity contribution in [1.82, 2.24) is 0 Å². The number of carbonyl (C=O) groups is 1. The zero-order valence-corrected chi connectivity index (χ0v) is 8.49. The monoisotopic (exact) mass is 201 g/mol. The molecule has 0 bridgehead atoms. The Bertz CT molecular complexity index is 189. The Morgan fingerprint density at radius 1 is 1.57 bits per heavy atom. The summed E-state index contributed by atoms with van der Waals surface area (Å²) < 4.78 is 9.96. The van der Waals surface area contributed by atoms with Gasteiger partial charge in [0, 0.05) is 12.2 Å². The van der Waals surface area contributed by atoms with Crippen LogP contribution in [-0.4, -0.2) is 37.0 Å². The molecule has 14 heavy (non-hydrogen) atoms. The highest BCUT2D eigenvalue weighted by molar-refractivity contribution is 5.87. The summed E-state index contributed by atoms with van der Waals surface area (Å²) in [5, 5.41) is 8.85. The highest BCUT2D eigenvalue weighted by atomic mass is 16.6. The van der Waals surface area contributed by atoms with Crippen LogP contribution < -0.4 is 0 Å². The van der Waals surface area contributed by atoms with Crippen LogP contribution in [0.5, 0.6) is 0 Å². The molecule has 0 aliphatic rings. The van der Waals surface area contributed by atoms with Crippen molar-refractivity contribution in [2.75, 3.05) is 19.8 Å². The Labute approximate surface area is 84.5 Å². The highest BCUT2D eigenvalue weighted by Crippen LogP contribution is 1.99. The van der Waals surface area contributed by atoms with E-state index in [9.17, 15) is 4.79 Å². The Morgan fingerprint density at radius 2 is 2.21 bits per heavy atom. The van der Waals surface area contributed by atoms with E-state index in [4.69, 9.17) is 14.6 Å². The van der Waals surface area contributed by atoms with E-state index in [1.54, 1.807) is 6.92 Å². The maximum Gasteiger partial charge on any atom is 0.333 e. The van der Waals surface area contributed by atoms with Crippen molar-refractivity contribution < 1.29 is 19.4 Å². The number of hydrogen-bond donors (Lipinski definition) is 1. The second-order valence-corrected chi connectivity index (χ2v) is 2.92. The van der Waals surface area contributed by atoms with Crippen LogP contribution in [0.25, 0.3) is 0 Å². The van der Waals surface area contributed by atoms with Gasteiger partial charge < -0.3 is 14.6 Å². The second kappa shape index (κ2) is 7.53. The molecule has 0 rings (SSSR count). The summed E-state index contributed by atoms with van der Waals surface area (Å²) in [5.74, 6) is -0.512. The van der Waals surface area contributed by atoms with E-state index < -0.39 is 12.1 Å². The maximum absolute atomic E-state index is 11.0. The van der Waals surface area contributed by atoms with E-state index in [0.717, 1.165) is 0 Å². The molecular weight excluding hydrogens is 184 g/mol. The molecule has 81 valence electrons. The molecule has 4 heteroatoms. The van der Waals surface area contributed by atoms with Gasteiger partial charge in [-0.2, -0.15) is 0 Å². The summed E-state index contributed by atoms with van der Waals surface area (Å²) in [6, 6.07) is 0. The van der Waals surface area contributed by atoms with E-state index in [0.29, 0.717) is 18.6 Å². The first-order chi connectivity index (χ1) is 6.61. The highest BCUT2D eigenvalue weighted by Gasteiger charge is 2.13. The molecule has 0 aromatic carbocycles. The Balaban J connectivity index is 3.78. The lowest BCUT2D eigenvalue weighted by Gasteiger charge is -2.15. The van der Waals surface area contributed by atoms with Gasteiger partial charge in [0.2, 0.25) is 0 Å². The van der Waals surface area contributed by atoms with Crippen molar-refractivity contribution in [3.05, 3.63) is 19.1 Å². The summed E-state index contributed by atoms with van der Waals surface area (Å²) in [6.45, 7) is 8.99. The summed E-state index contributed by atoms with van der Waals surface area (Å²) in [5.41, 5.74) is 0.306. The first-order valence-electron chi connectivity index (χ1n) is 4.46. The SMILES string of the molecule is [CH2]CCOCC(CO)OC(=O)C(=C)C. The first-order valence-corrected chi connectivity index (χ1v) is 4.46. The largest absolute Gasteiger partial charge is 0.454 e. The quantitative estimate of drug-likeness (QED) is 0.374. The summed E-state index contributed by atoms with van der Waals surface area (Å²) in [4.78, 5) is 11.0. The Hall–Kier alpha value is -0.870. The molecule has 0 amide bonds. The fourth-order valence-electron chi connectivity index (χ4n) is 0.693. The van der Waals surface area contributed by atoms with Crippen molar-refractivity contribution in [3.63, 3.8) is 0 Å². The molecule has 0 spiro atoms. The predicted octanol–water partition coefficient (Wildman–Crippen LogP) is 0.707. The lowest BCUT2D eigenvalue weighted by molar-refractivity contribution is -0.149. The molecule has 0 saturated carbocycles. The molecule has 1 atom stereocenters. The maximum atomic E-state index is 11.0. The third-order valence-electron chi connectivity index (χ3n) is 1.42. The molecule has 0 aromatic heterocycles. The third kappa shape index (κ3) is 5.72. The van der Waals surface area contributed by atoms with Crippen LogP contribution in [0.3, 0.4) is 0 Å². The minimum atomic E-state index is -0.620. The number of esters is 1. The number of carbonyl (C=O) groups excluding carboxylic acids is 1. The molecule has 4 nitrogen and oxygen atoms in total. The minimum absolute atomic E-state index is 0.186. The second-order valence-electron chi connectivity index (χ2n) is 2.92. The molecule has 0 fully saturated rings. The van der Waals surface area contributed by atoms with Crippen LogP contribution in [0.15, 0.2) is 12.2 Å². The van der Waals surface area contributed by atoms with Gasteiger partial charge >= 0.3 is 5.97 Å². The first kappa shape index (κ1) is 13.1. The third-order valence-corrected chi connectivity index (χ3v) is 1.42. The fraction of sp³-hybridized carbons (Fsp3) is 0.600. The molecule has 0 aliphatic heterocycles. The van der Waals surface area contributed by atoms with Crippen molar-refractivity contribution in [1.29, 1.82) is 0 Å². The van der Waals surface area contributed by atoms with E-state index >= 15 is 0 Å². The van der Waals surface area contributed by atoms with Crippen molar-refractivity contribution in [2.45, 2.75) is 19.4 Å². The Morgan fingerprint density at radius 3 is 2.64 bits per heavy atom. The van der Waals surface area contributed by atoms with Crippen LogP contribution in [0, 0.1) is 6.92 Å². The average Bonchev–Trinajstić information content (AvgIpc) is 2.16. The van der Waals surface area contributed by atoms with E-state index in [-0.39, 0.29) is 13.2 Å². The average molecular weight is 201 g/mol. The van der Waals surface area contributed by atoms with Gasteiger partial charge in [0.15, 0.2) is 0 Å². The van der Waals surface area contributed by atoms with Gasteiger partial charge in [-0.05, 0) is 13.3 Å². The standard InChI is InChI=1S/C10H17O4/c1-4-5-13-7-9(6-11)14-10(12)8(2)3/h9,11H,1-2,4-7H2,3H3. The van der Waals surface area contributed by atoms with Crippen LogP contribution in [0.2, 0.25) is 0 Å². The smallest absolute Gasteiger partial charge is 0.333 e. The molecule has 0 heterocycles. The summed E-state index contributed by atoms with van der Waals surface area (Å²) in [6.07, 6.45) is 0.0257. The molecule has 1 radical (unpaired) electrons. The topological polar surface area (TPSA) is 55.8 Å². The molecule has 0 aliphatic carbocycles. The molecule has 1 unspecified atom stereocenters. The van der Waals surface area contributed by atoms with Crippen molar-refractivity contribution >= 4 is 5.97 Å². The lowest BCUT2D eigenvalue weighted by Crippen LogP contribution is -2.27. The molecule has 0 saturated heterocycles. The number of hydrogen-bond acceptors (Lipinski definition) is 4. The van der Waals surface area contributed by atoms with Crippen LogP contribution >= 0.6 is 0 Å². The van der Waals surface area contributed by atoms with Gasteiger partial charge in [0.25, 0.3) is 0 Å². The van der Waals surface area contributed by atoms with Gasteiger partial charge in [0.1, 0.15) is 6.10 Å². The van der Waals surface area contributed by atoms with E-state index in [2.05, 4.69) is 13.5 Å². The normalized spacial score (nSPS) is 12.2. The number of aliphatic hydroxyl groups excluding tert-OH is 1. The minimum Gasteiger partial charge on any atom is -0.454 e. The zero-order chi connectivity index (χ0) is 11.0. The predicted molar refractivity (Wildman–Crippen MR) is 52.6 cm³/mol. The number of aliphatic hydroxyl groups is 1. The van der Waals surface area contributed by atoms with Crippen molar-refractivity contribution in [2.24, 2.45) is 0 Å². The van der Waals surface area contributed by atoms with Crippen LogP contribution in [0.1, 0.15) is 13.3 Å². The van der Waals surface area contributed by atoms with E-state index in [1.165, 1.54) is 0 Å². The molecule has 0 aromatic rings.